The molecule has 1 saturated carbocycles. The van der Waals surface area contributed by atoms with Gasteiger partial charge in [-0.3, -0.25) is 9.59 Å². The van der Waals surface area contributed by atoms with Crippen LogP contribution in [0.2, 0.25) is 0 Å². The zero-order valence-electron chi connectivity index (χ0n) is 12.3. The van der Waals surface area contributed by atoms with Crippen molar-refractivity contribution in [1.82, 2.24) is 0 Å². The fraction of sp³-hybridized carbons (Fsp3) is 0.167. The molecule has 2 atom stereocenters. The molecule has 0 saturated heterocycles. The van der Waals surface area contributed by atoms with Crippen molar-refractivity contribution in [3.8, 4) is 6.07 Å². The topological polar surface area (TPSA) is 82.0 Å². The van der Waals surface area contributed by atoms with Gasteiger partial charge in [-0.15, -0.1) is 0 Å². The fourth-order valence-corrected chi connectivity index (χ4v) is 2.43. The van der Waals surface area contributed by atoms with E-state index in [-0.39, 0.29) is 23.7 Å². The molecule has 0 heterocycles. The van der Waals surface area contributed by atoms with E-state index in [0.29, 0.717) is 17.7 Å². The van der Waals surface area contributed by atoms with Crippen molar-refractivity contribution in [1.29, 1.82) is 5.26 Å². The second-order valence-corrected chi connectivity index (χ2v) is 5.49. The van der Waals surface area contributed by atoms with Crippen LogP contribution >= 0.6 is 0 Å². The number of benzene rings is 2. The summed E-state index contributed by atoms with van der Waals surface area (Å²) >= 11 is 0. The number of anilines is 2. The molecule has 2 N–H and O–H groups in total. The van der Waals surface area contributed by atoms with Crippen LogP contribution in [0.25, 0.3) is 0 Å². The van der Waals surface area contributed by atoms with Crippen LogP contribution in [-0.2, 0) is 9.59 Å². The number of amides is 2. The molecule has 2 aromatic rings. The minimum Gasteiger partial charge on any atom is -0.326 e. The van der Waals surface area contributed by atoms with E-state index in [1.165, 1.54) is 0 Å². The Kier molecular flexibility index (Phi) is 4.07. The minimum atomic E-state index is -0.315. The quantitative estimate of drug-likeness (QED) is 0.911. The lowest BCUT2D eigenvalue weighted by Gasteiger charge is -2.06. The van der Waals surface area contributed by atoms with Crippen LogP contribution in [0.15, 0.2) is 54.6 Å². The van der Waals surface area contributed by atoms with Gasteiger partial charge in [0.15, 0.2) is 0 Å². The number of hydrogen-bond acceptors (Lipinski definition) is 3. The van der Waals surface area contributed by atoms with Gasteiger partial charge in [0.05, 0.1) is 23.5 Å². The third-order valence-corrected chi connectivity index (χ3v) is 3.76. The summed E-state index contributed by atoms with van der Waals surface area (Å²) in [4.78, 5) is 24.3. The molecule has 0 radical (unpaired) electrons. The number of para-hydroxylation sites is 1. The van der Waals surface area contributed by atoms with E-state index in [9.17, 15) is 9.59 Å². The van der Waals surface area contributed by atoms with Crippen molar-refractivity contribution in [2.24, 2.45) is 11.8 Å². The predicted octanol–water partition coefficient (Wildman–Crippen LogP) is 2.77. The molecule has 0 aliphatic heterocycles. The van der Waals surface area contributed by atoms with Crippen LogP contribution in [0.1, 0.15) is 12.0 Å². The maximum atomic E-state index is 12.2. The maximum Gasteiger partial charge on any atom is 0.228 e. The summed E-state index contributed by atoms with van der Waals surface area (Å²) in [7, 11) is 0. The number of nitrogens with zero attached hydrogens (tertiary/aromatic N) is 1. The van der Waals surface area contributed by atoms with Crippen LogP contribution in [0.5, 0.6) is 0 Å². The van der Waals surface area contributed by atoms with Gasteiger partial charge in [-0.2, -0.15) is 5.26 Å². The third kappa shape index (κ3) is 3.55. The van der Waals surface area contributed by atoms with E-state index in [4.69, 9.17) is 5.26 Å². The van der Waals surface area contributed by atoms with Gasteiger partial charge < -0.3 is 10.6 Å². The number of carbonyl (C=O) groups is 2. The van der Waals surface area contributed by atoms with Crippen molar-refractivity contribution < 1.29 is 9.59 Å². The SMILES string of the molecule is N#Cc1cccc(NC(=O)C2CC2C(=O)Nc2ccccc2)c1. The first-order valence-electron chi connectivity index (χ1n) is 7.34. The summed E-state index contributed by atoms with van der Waals surface area (Å²) in [6.45, 7) is 0. The van der Waals surface area contributed by atoms with E-state index in [2.05, 4.69) is 10.6 Å². The largest absolute Gasteiger partial charge is 0.326 e. The van der Waals surface area contributed by atoms with Gasteiger partial charge in [0.25, 0.3) is 0 Å². The Balaban J connectivity index is 1.56. The number of carbonyl (C=O) groups excluding carboxylic acids is 2. The second kappa shape index (κ2) is 6.32. The Morgan fingerprint density at radius 2 is 1.52 bits per heavy atom. The average Bonchev–Trinajstić information content (AvgIpc) is 3.37. The smallest absolute Gasteiger partial charge is 0.228 e. The molecule has 5 nitrogen and oxygen atoms in total. The molecule has 1 aliphatic rings. The van der Waals surface area contributed by atoms with Gasteiger partial charge >= 0.3 is 0 Å². The number of nitriles is 1. The van der Waals surface area contributed by atoms with E-state index < -0.39 is 0 Å². The first-order chi connectivity index (χ1) is 11.2. The van der Waals surface area contributed by atoms with E-state index >= 15 is 0 Å². The van der Waals surface area contributed by atoms with Crippen LogP contribution in [0.4, 0.5) is 11.4 Å². The first kappa shape index (κ1) is 14.8. The van der Waals surface area contributed by atoms with Gasteiger partial charge in [-0.1, -0.05) is 24.3 Å². The lowest BCUT2D eigenvalue weighted by atomic mass is 10.2. The molecule has 114 valence electrons. The van der Waals surface area contributed by atoms with Crippen LogP contribution in [0, 0.1) is 23.2 Å². The van der Waals surface area contributed by atoms with Gasteiger partial charge in [0.1, 0.15) is 0 Å². The molecule has 23 heavy (non-hydrogen) atoms. The molecular weight excluding hydrogens is 290 g/mol. The predicted molar refractivity (Wildman–Crippen MR) is 86.5 cm³/mol. The monoisotopic (exact) mass is 305 g/mol. The van der Waals surface area contributed by atoms with Gasteiger partial charge in [0, 0.05) is 11.4 Å². The molecule has 2 amide bonds. The zero-order valence-corrected chi connectivity index (χ0v) is 12.3. The first-order valence-corrected chi connectivity index (χ1v) is 7.34. The normalized spacial score (nSPS) is 18.6. The highest BCUT2D eigenvalue weighted by molar-refractivity contribution is 6.03. The molecule has 2 aromatic carbocycles. The molecule has 1 fully saturated rings. The highest BCUT2D eigenvalue weighted by atomic mass is 16.2. The summed E-state index contributed by atoms with van der Waals surface area (Å²) in [5, 5.41) is 14.4. The summed E-state index contributed by atoms with van der Waals surface area (Å²) in [6, 6.07) is 17.9. The van der Waals surface area contributed by atoms with Crippen molar-refractivity contribution in [3.05, 3.63) is 60.2 Å². The summed E-state index contributed by atoms with van der Waals surface area (Å²) < 4.78 is 0. The number of hydrogen-bond donors (Lipinski definition) is 2. The third-order valence-electron chi connectivity index (χ3n) is 3.76. The Morgan fingerprint density at radius 3 is 2.17 bits per heavy atom. The lowest BCUT2D eigenvalue weighted by molar-refractivity contribution is -0.122. The molecule has 5 heteroatoms. The molecule has 2 unspecified atom stereocenters. The Bertz CT molecular complexity index is 780. The van der Waals surface area contributed by atoms with Gasteiger partial charge in [-0.05, 0) is 36.8 Å². The maximum absolute atomic E-state index is 12.2. The summed E-state index contributed by atoms with van der Waals surface area (Å²) in [5.41, 5.74) is 1.78. The van der Waals surface area contributed by atoms with E-state index in [1.54, 1.807) is 24.3 Å². The van der Waals surface area contributed by atoms with Crippen LogP contribution < -0.4 is 10.6 Å². The highest BCUT2D eigenvalue weighted by Gasteiger charge is 2.48. The molecule has 0 spiro atoms. The number of rotatable bonds is 4. The molecule has 1 aliphatic carbocycles. The van der Waals surface area contributed by atoms with Gasteiger partial charge in [-0.25, -0.2) is 0 Å². The molecule has 3 rings (SSSR count). The lowest BCUT2D eigenvalue weighted by Crippen LogP contribution is -2.20. The minimum absolute atomic E-state index is 0.137. The summed E-state index contributed by atoms with van der Waals surface area (Å²) in [5.74, 6) is -0.936. The Morgan fingerprint density at radius 1 is 0.913 bits per heavy atom. The Labute approximate surface area is 133 Å². The summed E-state index contributed by atoms with van der Waals surface area (Å²) in [6.07, 6.45) is 0.544. The van der Waals surface area contributed by atoms with Gasteiger partial charge in [0.2, 0.25) is 11.8 Å². The van der Waals surface area contributed by atoms with Crippen molar-refractivity contribution in [2.45, 2.75) is 6.42 Å². The zero-order chi connectivity index (χ0) is 16.2. The Hall–Kier alpha value is -3.13. The van der Waals surface area contributed by atoms with E-state index in [0.717, 1.165) is 5.69 Å². The highest BCUT2D eigenvalue weighted by Crippen LogP contribution is 2.40. The standard InChI is InChI=1S/C18H15N3O2/c19-11-12-5-4-8-14(9-12)21-18(23)16-10-15(16)17(22)20-13-6-2-1-3-7-13/h1-9,15-16H,10H2,(H,20,22)(H,21,23). The van der Waals surface area contributed by atoms with Crippen molar-refractivity contribution in [3.63, 3.8) is 0 Å². The second-order valence-electron chi connectivity index (χ2n) is 5.49. The van der Waals surface area contributed by atoms with E-state index in [1.807, 2.05) is 36.4 Å². The molecule has 0 bridgehead atoms. The average molecular weight is 305 g/mol. The molecule has 0 aromatic heterocycles. The van der Waals surface area contributed by atoms with Crippen LogP contribution in [0.3, 0.4) is 0 Å². The fourth-order valence-electron chi connectivity index (χ4n) is 2.43. The molecular formula is C18H15N3O2. The number of nitrogens with one attached hydrogen (secondary N) is 2. The van der Waals surface area contributed by atoms with Crippen LogP contribution in [-0.4, -0.2) is 11.8 Å². The van der Waals surface area contributed by atoms with Crippen molar-refractivity contribution >= 4 is 23.2 Å². The van der Waals surface area contributed by atoms with Crippen molar-refractivity contribution in [2.75, 3.05) is 10.6 Å².